The molecule has 0 fully saturated rings. The first kappa shape index (κ1) is 11.3. The van der Waals surface area contributed by atoms with Gasteiger partial charge >= 0.3 is 0 Å². The number of nitrogens with zero attached hydrogens (tertiary/aromatic N) is 2. The van der Waals surface area contributed by atoms with Crippen LogP contribution in [0.25, 0.3) is 0 Å². The van der Waals surface area contributed by atoms with Gasteiger partial charge in [-0.3, -0.25) is 4.68 Å². The highest BCUT2D eigenvalue weighted by Gasteiger charge is 2.07. The maximum absolute atomic E-state index is 6.04. The van der Waals surface area contributed by atoms with Crippen molar-refractivity contribution in [2.24, 2.45) is 12.8 Å². The van der Waals surface area contributed by atoms with Gasteiger partial charge in [0.25, 0.3) is 0 Å². The fourth-order valence-electron chi connectivity index (χ4n) is 1.51. The summed E-state index contributed by atoms with van der Waals surface area (Å²) in [5, 5.41) is 9.53. The topological polar surface area (TPSA) is 55.9 Å². The number of hydrogen-bond acceptors (Lipinski definition) is 4. The van der Waals surface area contributed by atoms with Gasteiger partial charge in [0, 0.05) is 42.8 Å². The molecule has 0 amide bonds. The third-order valence-corrected chi connectivity index (χ3v) is 3.27. The maximum atomic E-state index is 6.04. The van der Waals surface area contributed by atoms with Gasteiger partial charge in [0.05, 0.1) is 6.20 Å². The van der Waals surface area contributed by atoms with Crippen LogP contribution in [-0.2, 0) is 13.6 Å². The molecule has 0 bridgehead atoms. The molecule has 3 N–H and O–H groups in total. The Labute approximate surface area is 99.1 Å². The fourth-order valence-corrected chi connectivity index (χ4v) is 2.19. The number of nitrogens with one attached hydrogen (secondary N) is 1. The summed E-state index contributed by atoms with van der Waals surface area (Å²) >= 11 is 1.75. The molecule has 0 radical (unpaired) electrons. The Balaban J connectivity index is 1.78. The second kappa shape index (κ2) is 5.25. The lowest BCUT2D eigenvalue weighted by Gasteiger charge is -2.09. The number of thiophene rings is 1. The minimum atomic E-state index is 0.00802. The van der Waals surface area contributed by atoms with Crippen molar-refractivity contribution in [1.29, 1.82) is 0 Å². The lowest BCUT2D eigenvalue weighted by Crippen LogP contribution is -2.26. The third-order valence-electron chi connectivity index (χ3n) is 2.40. The van der Waals surface area contributed by atoms with E-state index in [2.05, 4.69) is 27.9 Å². The van der Waals surface area contributed by atoms with E-state index in [0.717, 1.165) is 18.7 Å². The molecule has 0 aliphatic carbocycles. The van der Waals surface area contributed by atoms with Crippen molar-refractivity contribution in [3.8, 4) is 0 Å². The Hall–Kier alpha value is -1.17. The summed E-state index contributed by atoms with van der Waals surface area (Å²) in [5.41, 5.74) is 7.11. The Morgan fingerprint density at radius 3 is 3.12 bits per heavy atom. The molecule has 4 nitrogen and oxygen atoms in total. The predicted molar refractivity (Wildman–Crippen MR) is 66.2 cm³/mol. The predicted octanol–water partition coefficient (Wildman–Crippen LogP) is 1.27. The molecule has 0 saturated carbocycles. The molecule has 2 aromatic heterocycles. The summed E-state index contributed by atoms with van der Waals surface area (Å²) in [4.78, 5) is 1.33. The van der Waals surface area contributed by atoms with E-state index >= 15 is 0 Å². The molecule has 0 aliphatic rings. The smallest absolute Gasteiger partial charge is 0.0537 e. The van der Waals surface area contributed by atoms with E-state index in [1.165, 1.54) is 4.88 Å². The fraction of sp³-hybridized carbons (Fsp3) is 0.364. The molecule has 86 valence electrons. The average molecular weight is 236 g/mol. The van der Waals surface area contributed by atoms with Crippen molar-refractivity contribution in [2.45, 2.75) is 12.6 Å². The standard InChI is InChI=1S/C11H16N4S/c1-15-8-9(5-14-15)11(12)7-13-6-10-3-2-4-16-10/h2-5,8,11,13H,6-7,12H2,1H3. The molecule has 0 spiro atoms. The van der Waals surface area contributed by atoms with Crippen molar-refractivity contribution < 1.29 is 0 Å². The van der Waals surface area contributed by atoms with E-state index in [4.69, 9.17) is 5.73 Å². The molecular weight excluding hydrogens is 220 g/mol. The van der Waals surface area contributed by atoms with E-state index in [1.807, 2.05) is 19.4 Å². The van der Waals surface area contributed by atoms with Crippen LogP contribution in [0.5, 0.6) is 0 Å². The molecule has 5 heteroatoms. The van der Waals surface area contributed by atoms with Crippen LogP contribution >= 0.6 is 11.3 Å². The number of aryl methyl sites for hydroxylation is 1. The van der Waals surface area contributed by atoms with Crippen LogP contribution in [0.2, 0.25) is 0 Å². The number of aromatic nitrogens is 2. The van der Waals surface area contributed by atoms with Gasteiger partial charge in [-0.25, -0.2) is 0 Å². The Morgan fingerprint density at radius 1 is 1.62 bits per heavy atom. The summed E-state index contributed by atoms with van der Waals surface area (Å²) in [5.74, 6) is 0. The van der Waals surface area contributed by atoms with Crippen LogP contribution in [0, 0.1) is 0 Å². The highest BCUT2D eigenvalue weighted by molar-refractivity contribution is 7.09. The molecule has 0 aliphatic heterocycles. The Kier molecular flexibility index (Phi) is 3.71. The minimum Gasteiger partial charge on any atom is -0.323 e. The van der Waals surface area contributed by atoms with Gasteiger partial charge in [-0.05, 0) is 11.4 Å². The van der Waals surface area contributed by atoms with E-state index in [-0.39, 0.29) is 6.04 Å². The molecule has 0 saturated heterocycles. The number of nitrogens with two attached hydrogens (primary N) is 1. The molecule has 1 atom stereocenters. The summed E-state index contributed by atoms with van der Waals surface area (Å²) in [7, 11) is 1.90. The van der Waals surface area contributed by atoms with Gasteiger partial charge in [0.2, 0.25) is 0 Å². The van der Waals surface area contributed by atoms with Crippen LogP contribution in [-0.4, -0.2) is 16.3 Å². The molecule has 0 aromatic carbocycles. The third kappa shape index (κ3) is 2.91. The molecular formula is C11H16N4S. The van der Waals surface area contributed by atoms with Crippen molar-refractivity contribution in [2.75, 3.05) is 6.54 Å². The van der Waals surface area contributed by atoms with E-state index in [9.17, 15) is 0 Å². The van der Waals surface area contributed by atoms with Crippen molar-refractivity contribution in [1.82, 2.24) is 15.1 Å². The summed E-state index contributed by atoms with van der Waals surface area (Å²) in [6, 6.07) is 4.18. The van der Waals surface area contributed by atoms with Crippen molar-refractivity contribution in [3.05, 3.63) is 40.3 Å². The lowest BCUT2D eigenvalue weighted by atomic mass is 10.2. The lowest BCUT2D eigenvalue weighted by molar-refractivity contribution is 0.601. The van der Waals surface area contributed by atoms with E-state index in [1.54, 1.807) is 16.0 Å². The minimum absolute atomic E-state index is 0.00802. The van der Waals surface area contributed by atoms with Gasteiger partial charge < -0.3 is 11.1 Å². The molecule has 2 rings (SSSR count). The van der Waals surface area contributed by atoms with Gasteiger partial charge in [-0.2, -0.15) is 5.10 Å². The molecule has 2 aromatic rings. The zero-order valence-electron chi connectivity index (χ0n) is 9.26. The second-order valence-corrected chi connectivity index (χ2v) is 4.80. The van der Waals surface area contributed by atoms with Crippen molar-refractivity contribution >= 4 is 11.3 Å². The zero-order valence-corrected chi connectivity index (χ0v) is 10.1. The zero-order chi connectivity index (χ0) is 11.4. The van der Waals surface area contributed by atoms with Crippen LogP contribution in [0.1, 0.15) is 16.5 Å². The summed E-state index contributed by atoms with van der Waals surface area (Å²) < 4.78 is 1.77. The van der Waals surface area contributed by atoms with Crippen LogP contribution < -0.4 is 11.1 Å². The monoisotopic (exact) mass is 236 g/mol. The number of rotatable bonds is 5. The Morgan fingerprint density at radius 2 is 2.50 bits per heavy atom. The van der Waals surface area contributed by atoms with Crippen molar-refractivity contribution in [3.63, 3.8) is 0 Å². The normalized spacial score (nSPS) is 12.9. The average Bonchev–Trinajstić information content (AvgIpc) is 2.89. The Bertz CT molecular complexity index is 421. The van der Waals surface area contributed by atoms with Gasteiger partial charge in [0.1, 0.15) is 0 Å². The summed E-state index contributed by atoms with van der Waals surface area (Å²) in [6.45, 7) is 1.65. The molecule has 1 unspecified atom stereocenters. The van der Waals surface area contributed by atoms with Crippen LogP contribution in [0.15, 0.2) is 29.9 Å². The SMILES string of the molecule is Cn1cc(C(N)CNCc2cccs2)cn1. The van der Waals surface area contributed by atoms with Gasteiger partial charge in [-0.1, -0.05) is 6.07 Å². The highest BCUT2D eigenvalue weighted by Crippen LogP contribution is 2.09. The molecule has 16 heavy (non-hydrogen) atoms. The largest absolute Gasteiger partial charge is 0.323 e. The quantitative estimate of drug-likeness (QED) is 0.822. The van der Waals surface area contributed by atoms with Gasteiger partial charge in [0.15, 0.2) is 0 Å². The summed E-state index contributed by atoms with van der Waals surface area (Å²) in [6.07, 6.45) is 3.77. The van der Waals surface area contributed by atoms with Crippen LogP contribution in [0.4, 0.5) is 0 Å². The number of hydrogen-bond donors (Lipinski definition) is 2. The van der Waals surface area contributed by atoms with Crippen LogP contribution in [0.3, 0.4) is 0 Å². The van der Waals surface area contributed by atoms with E-state index in [0.29, 0.717) is 0 Å². The highest BCUT2D eigenvalue weighted by atomic mass is 32.1. The molecule has 2 heterocycles. The van der Waals surface area contributed by atoms with E-state index < -0.39 is 0 Å². The van der Waals surface area contributed by atoms with Gasteiger partial charge in [-0.15, -0.1) is 11.3 Å². The first-order chi connectivity index (χ1) is 7.75. The maximum Gasteiger partial charge on any atom is 0.0537 e. The first-order valence-corrected chi connectivity index (χ1v) is 6.11. The second-order valence-electron chi connectivity index (χ2n) is 3.76. The first-order valence-electron chi connectivity index (χ1n) is 5.23.